The summed E-state index contributed by atoms with van der Waals surface area (Å²) in [5.41, 5.74) is 3.69. The van der Waals surface area contributed by atoms with Crippen molar-refractivity contribution in [3.63, 3.8) is 0 Å². The third-order valence-electron chi connectivity index (χ3n) is 5.13. The van der Waals surface area contributed by atoms with Crippen LogP contribution < -0.4 is 4.74 Å². The molecule has 0 aliphatic carbocycles. The van der Waals surface area contributed by atoms with Gasteiger partial charge in [-0.1, -0.05) is 0 Å². The minimum atomic E-state index is 0.857. The van der Waals surface area contributed by atoms with E-state index in [1.165, 1.54) is 27.4 Å². The van der Waals surface area contributed by atoms with Gasteiger partial charge in [0.25, 0.3) is 0 Å². The summed E-state index contributed by atoms with van der Waals surface area (Å²) in [6, 6.07) is 6.38. The van der Waals surface area contributed by atoms with E-state index >= 15 is 0 Å². The first-order valence-electron chi connectivity index (χ1n) is 8.98. The molecular weight excluding hydrogens is 314 g/mol. The van der Waals surface area contributed by atoms with Gasteiger partial charge in [-0.25, -0.2) is 0 Å². The van der Waals surface area contributed by atoms with E-state index in [0.29, 0.717) is 0 Å². The Bertz CT molecular complexity index is 881. The summed E-state index contributed by atoms with van der Waals surface area (Å²) in [6.45, 7) is 8.04. The van der Waals surface area contributed by atoms with Crippen LogP contribution in [0.2, 0.25) is 0 Å². The van der Waals surface area contributed by atoms with Crippen LogP contribution in [0, 0.1) is 6.92 Å². The lowest BCUT2D eigenvalue weighted by molar-refractivity contribution is 0.0370. The van der Waals surface area contributed by atoms with Gasteiger partial charge in [0.1, 0.15) is 5.75 Å². The zero-order valence-corrected chi connectivity index (χ0v) is 15.0. The highest BCUT2D eigenvalue weighted by atomic mass is 16.5. The number of methoxy groups -OCH3 is 1. The summed E-state index contributed by atoms with van der Waals surface area (Å²) < 4.78 is 13.3. The number of fused-ring (bicyclic) bond motifs is 3. The smallest absolute Gasteiger partial charge is 0.121 e. The summed E-state index contributed by atoms with van der Waals surface area (Å²) in [6.07, 6.45) is 4.98. The summed E-state index contributed by atoms with van der Waals surface area (Å²) in [5, 5.41) is 2.58. The number of rotatable bonds is 5. The summed E-state index contributed by atoms with van der Waals surface area (Å²) in [5.74, 6) is 0.912. The number of aromatic nitrogens is 2. The molecule has 0 spiro atoms. The minimum absolute atomic E-state index is 0.857. The van der Waals surface area contributed by atoms with Gasteiger partial charge in [-0.2, -0.15) is 0 Å². The topological polar surface area (TPSA) is 39.5 Å². The van der Waals surface area contributed by atoms with Gasteiger partial charge in [-0.3, -0.25) is 9.88 Å². The predicted molar refractivity (Wildman–Crippen MR) is 100 cm³/mol. The van der Waals surface area contributed by atoms with Gasteiger partial charge in [0, 0.05) is 49.2 Å². The Morgan fingerprint density at radius 1 is 1.16 bits per heavy atom. The molecular formula is C20H25N3O2. The van der Waals surface area contributed by atoms with E-state index in [9.17, 15) is 0 Å². The lowest BCUT2D eigenvalue weighted by atomic mass is 10.1. The van der Waals surface area contributed by atoms with Gasteiger partial charge in [0.05, 0.1) is 37.6 Å². The van der Waals surface area contributed by atoms with E-state index in [0.717, 1.165) is 51.6 Å². The Labute approximate surface area is 148 Å². The number of nitrogens with zero attached hydrogens (tertiary/aromatic N) is 3. The fraction of sp³-hybridized carbons (Fsp3) is 0.450. The standard InChI is InChI=1S/C20H25N3O2/c1-15-12-16(24-2)13-18-20(15)17-4-5-21-14-19(17)23(18)7-3-6-22-8-10-25-11-9-22/h4-5,12-14H,3,6-11H2,1-2H3. The fourth-order valence-electron chi connectivity index (χ4n) is 3.88. The third-order valence-corrected chi connectivity index (χ3v) is 5.13. The minimum Gasteiger partial charge on any atom is -0.497 e. The Morgan fingerprint density at radius 3 is 2.80 bits per heavy atom. The second-order valence-corrected chi connectivity index (χ2v) is 6.69. The van der Waals surface area contributed by atoms with Crippen LogP contribution in [0.5, 0.6) is 5.75 Å². The van der Waals surface area contributed by atoms with E-state index < -0.39 is 0 Å². The van der Waals surface area contributed by atoms with Gasteiger partial charge < -0.3 is 14.0 Å². The molecule has 0 N–H and O–H groups in total. The van der Waals surface area contributed by atoms with Gasteiger partial charge in [-0.05, 0) is 31.0 Å². The molecule has 5 nitrogen and oxygen atoms in total. The maximum atomic E-state index is 5.50. The van der Waals surface area contributed by atoms with Crippen molar-refractivity contribution in [3.8, 4) is 5.75 Å². The Hall–Kier alpha value is -2.11. The normalized spacial score (nSPS) is 15.9. The van der Waals surface area contributed by atoms with Crippen LogP contribution in [-0.4, -0.2) is 54.4 Å². The summed E-state index contributed by atoms with van der Waals surface area (Å²) >= 11 is 0. The molecule has 0 saturated carbocycles. The highest BCUT2D eigenvalue weighted by Gasteiger charge is 2.15. The molecule has 3 heterocycles. The molecule has 1 fully saturated rings. The van der Waals surface area contributed by atoms with Crippen molar-refractivity contribution in [2.45, 2.75) is 19.9 Å². The molecule has 0 atom stereocenters. The SMILES string of the molecule is COc1cc(C)c2c3ccncc3n(CCCN3CCOCC3)c2c1. The van der Waals surface area contributed by atoms with Gasteiger partial charge in [0.2, 0.25) is 0 Å². The number of hydrogen-bond donors (Lipinski definition) is 0. The van der Waals surface area contributed by atoms with Crippen molar-refractivity contribution in [1.82, 2.24) is 14.5 Å². The van der Waals surface area contributed by atoms with Crippen LogP contribution in [0.15, 0.2) is 30.6 Å². The van der Waals surface area contributed by atoms with Crippen LogP contribution in [-0.2, 0) is 11.3 Å². The second-order valence-electron chi connectivity index (χ2n) is 6.69. The number of ether oxygens (including phenoxy) is 2. The van der Waals surface area contributed by atoms with Crippen LogP contribution in [0.3, 0.4) is 0 Å². The largest absolute Gasteiger partial charge is 0.497 e. The number of aryl methyl sites for hydroxylation is 2. The molecule has 1 aromatic carbocycles. The lowest BCUT2D eigenvalue weighted by Gasteiger charge is -2.26. The zero-order valence-electron chi connectivity index (χ0n) is 15.0. The van der Waals surface area contributed by atoms with Crippen molar-refractivity contribution in [2.75, 3.05) is 40.0 Å². The molecule has 3 aromatic rings. The molecule has 1 saturated heterocycles. The van der Waals surface area contributed by atoms with Crippen molar-refractivity contribution < 1.29 is 9.47 Å². The van der Waals surface area contributed by atoms with Crippen LogP contribution in [0.1, 0.15) is 12.0 Å². The Kier molecular flexibility index (Phi) is 4.59. The molecule has 5 heteroatoms. The van der Waals surface area contributed by atoms with Crippen LogP contribution >= 0.6 is 0 Å². The lowest BCUT2D eigenvalue weighted by Crippen LogP contribution is -2.37. The molecule has 25 heavy (non-hydrogen) atoms. The van der Waals surface area contributed by atoms with E-state index in [4.69, 9.17) is 9.47 Å². The number of hydrogen-bond acceptors (Lipinski definition) is 4. The maximum Gasteiger partial charge on any atom is 0.121 e. The van der Waals surface area contributed by atoms with Gasteiger partial charge in [0.15, 0.2) is 0 Å². The fourth-order valence-corrected chi connectivity index (χ4v) is 3.88. The average molecular weight is 339 g/mol. The first kappa shape index (κ1) is 16.4. The van der Waals surface area contributed by atoms with Gasteiger partial charge in [-0.15, -0.1) is 0 Å². The van der Waals surface area contributed by atoms with Crippen molar-refractivity contribution in [2.24, 2.45) is 0 Å². The molecule has 1 aliphatic rings. The Balaban J connectivity index is 1.69. The zero-order chi connectivity index (χ0) is 17.2. The first-order valence-corrected chi connectivity index (χ1v) is 8.98. The van der Waals surface area contributed by atoms with Crippen molar-refractivity contribution in [1.29, 1.82) is 0 Å². The van der Waals surface area contributed by atoms with Crippen molar-refractivity contribution >= 4 is 21.8 Å². The van der Waals surface area contributed by atoms with E-state index in [1.54, 1.807) is 7.11 Å². The maximum absolute atomic E-state index is 5.50. The van der Waals surface area contributed by atoms with Crippen molar-refractivity contribution in [3.05, 3.63) is 36.2 Å². The molecule has 0 radical (unpaired) electrons. The first-order chi connectivity index (χ1) is 12.3. The molecule has 2 aromatic heterocycles. The Morgan fingerprint density at radius 2 is 2.00 bits per heavy atom. The number of morpholine rings is 1. The molecule has 132 valence electrons. The number of pyridine rings is 1. The van der Waals surface area contributed by atoms with Crippen LogP contribution in [0.4, 0.5) is 0 Å². The molecule has 0 unspecified atom stereocenters. The van der Waals surface area contributed by atoms with E-state index in [-0.39, 0.29) is 0 Å². The predicted octanol–water partition coefficient (Wildman–Crippen LogP) is 3.23. The third kappa shape index (κ3) is 3.10. The monoisotopic (exact) mass is 339 g/mol. The van der Waals surface area contributed by atoms with Crippen LogP contribution in [0.25, 0.3) is 21.8 Å². The summed E-state index contributed by atoms with van der Waals surface area (Å²) in [4.78, 5) is 6.85. The quantitative estimate of drug-likeness (QED) is 0.715. The second kappa shape index (κ2) is 7.02. The average Bonchev–Trinajstić information content (AvgIpc) is 2.97. The molecule has 4 rings (SSSR count). The molecule has 1 aliphatic heterocycles. The van der Waals surface area contributed by atoms with E-state index in [2.05, 4.69) is 39.6 Å². The molecule has 0 bridgehead atoms. The molecule has 0 amide bonds. The number of benzene rings is 1. The summed E-state index contributed by atoms with van der Waals surface area (Å²) in [7, 11) is 1.73. The highest BCUT2D eigenvalue weighted by Crippen LogP contribution is 2.34. The van der Waals surface area contributed by atoms with Gasteiger partial charge >= 0.3 is 0 Å². The van der Waals surface area contributed by atoms with E-state index in [1.807, 2.05) is 12.4 Å². The highest BCUT2D eigenvalue weighted by molar-refractivity contribution is 6.09.